The lowest BCUT2D eigenvalue weighted by molar-refractivity contribution is -0.138. The van der Waals surface area contributed by atoms with E-state index in [0.29, 0.717) is 30.7 Å². The van der Waals surface area contributed by atoms with Crippen LogP contribution >= 0.6 is 11.6 Å². The maximum absolute atomic E-state index is 13.8. The number of benzene rings is 2. The first-order valence-corrected chi connectivity index (χ1v) is 12.8. The molecule has 0 aliphatic carbocycles. The molecule has 7 nitrogen and oxygen atoms in total. The van der Waals surface area contributed by atoms with Gasteiger partial charge in [-0.05, 0) is 62.2 Å². The van der Waals surface area contributed by atoms with Crippen molar-refractivity contribution in [2.24, 2.45) is 0 Å². The van der Waals surface area contributed by atoms with E-state index in [1.807, 2.05) is 18.2 Å². The number of piperazine rings is 1. The standard InChI is InChI=1S/C26H29ClF3N5O2/c1-16(20-6-4-17(27)11-21(20)26(28,29)30)35-15-32-22-7-5-18(12-24(22)35)33-9-10-34(19(13-33)14-36)25(37)23-3-2-8-31-23/h4-7,11-12,15-16,19,23,31,36H,2-3,8-10,13-14H2,1H3/t16-,19+,23-/m1/s1. The Morgan fingerprint density at radius 3 is 2.76 bits per heavy atom. The molecule has 2 fully saturated rings. The minimum Gasteiger partial charge on any atom is -0.394 e. The fourth-order valence-corrected chi connectivity index (χ4v) is 5.61. The Balaban J connectivity index is 1.42. The minimum absolute atomic E-state index is 0.0285. The highest BCUT2D eigenvalue weighted by Gasteiger charge is 2.36. The molecule has 3 atom stereocenters. The number of alkyl halides is 3. The molecule has 2 saturated heterocycles. The van der Waals surface area contributed by atoms with E-state index < -0.39 is 17.8 Å². The zero-order valence-corrected chi connectivity index (χ0v) is 21.1. The summed E-state index contributed by atoms with van der Waals surface area (Å²) in [7, 11) is 0. The van der Waals surface area contributed by atoms with E-state index in [1.165, 1.54) is 12.1 Å². The molecule has 1 aromatic heterocycles. The molecular weight excluding hydrogens is 507 g/mol. The molecule has 3 heterocycles. The summed E-state index contributed by atoms with van der Waals surface area (Å²) in [5, 5.41) is 13.3. The van der Waals surface area contributed by atoms with Gasteiger partial charge in [-0.25, -0.2) is 4.98 Å². The van der Waals surface area contributed by atoms with Crippen LogP contribution in [0, 0.1) is 0 Å². The van der Waals surface area contributed by atoms with E-state index in [2.05, 4.69) is 15.2 Å². The van der Waals surface area contributed by atoms with Crippen molar-refractivity contribution in [2.45, 2.75) is 44.1 Å². The minimum atomic E-state index is -4.54. The fraction of sp³-hybridized carbons (Fsp3) is 0.462. The van der Waals surface area contributed by atoms with Gasteiger partial charge in [-0.2, -0.15) is 13.2 Å². The summed E-state index contributed by atoms with van der Waals surface area (Å²) in [6.45, 7) is 3.90. The largest absolute Gasteiger partial charge is 0.416 e. The van der Waals surface area contributed by atoms with Gasteiger partial charge in [0, 0.05) is 30.3 Å². The van der Waals surface area contributed by atoms with Gasteiger partial charge in [-0.15, -0.1) is 0 Å². The lowest BCUT2D eigenvalue weighted by atomic mass is 10.0. The molecule has 11 heteroatoms. The van der Waals surface area contributed by atoms with Gasteiger partial charge in [0.05, 0.1) is 47.7 Å². The highest BCUT2D eigenvalue weighted by Crippen LogP contribution is 2.38. The van der Waals surface area contributed by atoms with Crippen molar-refractivity contribution in [3.63, 3.8) is 0 Å². The van der Waals surface area contributed by atoms with Crippen molar-refractivity contribution in [1.82, 2.24) is 19.8 Å². The molecule has 0 saturated carbocycles. The molecule has 0 bridgehead atoms. The van der Waals surface area contributed by atoms with Gasteiger partial charge in [-0.1, -0.05) is 17.7 Å². The van der Waals surface area contributed by atoms with E-state index in [0.717, 1.165) is 31.1 Å². The summed E-state index contributed by atoms with van der Waals surface area (Å²) in [4.78, 5) is 21.2. The molecule has 198 valence electrons. The van der Waals surface area contributed by atoms with Crippen molar-refractivity contribution < 1.29 is 23.1 Å². The van der Waals surface area contributed by atoms with Gasteiger partial charge in [0.2, 0.25) is 5.91 Å². The topological polar surface area (TPSA) is 73.6 Å². The summed E-state index contributed by atoms with van der Waals surface area (Å²) < 4.78 is 43.0. The lowest BCUT2D eigenvalue weighted by Gasteiger charge is -2.42. The molecule has 2 aliphatic heterocycles. The summed E-state index contributed by atoms with van der Waals surface area (Å²) in [5.74, 6) is 0.0296. The third kappa shape index (κ3) is 5.02. The quantitative estimate of drug-likeness (QED) is 0.515. The molecule has 5 rings (SSSR count). The monoisotopic (exact) mass is 535 g/mol. The van der Waals surface area contributed by atoms with Crippen LogP contribution in [-0.4, -0.2) is 70.3 Å². The van der Waals surface area contributed by atoms with Gasteiger partial charge in [0.15, 0.2) is 0 Å². The zero-order valence-electron chi connectivity index (χ0n) is 20.4. The Kier molecular flexibility index (Phi) is 7.08. The van der Waals surface area contributed by atoms with Gasteiger partial charge in [0.25, 0.3) is 0 Å². The molecule has 2 N–H and O–H groups in total. The number of aliphatic hydroxyl groups is 1. The van der Waals surface area contributed by atoms with Crippen LogP contribution in [0.5, 0.6) is 0 Å². The number of aliphatic hydroxyl groups excluding tert-OH is 1. The van der Waals surface area contributed by atoms with Crippen molar-refractivity contribution in [3.8, 4) is 0 Å². The first-order chi connectivity index (χ1) is 17.7. The maximum atomic E-state index is 13.8. The molecule has 1 amide bonds. The number of nitrogens with zero attached hydrogens (tertiary/aromatic N) is 4. The van der Waals surface area contributed by atoms with Crippen molar-refractivity contribution in [3.05, 3.63) is 58.9 Å². The average Bonchev–Trinajstić information content (AvgIpc) is 3.57. The first kappa shape index (κ1) is 25.8. The molecular formula is C26H29ClF3N5O2. The van der Waals surface area contributed by atoms with Crippen molar-refractivity contribution in [1.29, 1.82) is 0 Å². The van der Waals surface area contributed by atoms with Crippen molar-refractivity contribution in [2.75, 3.05) is 37.7 Å². The zero-order chi connectivity index (χ0) is 26.3. The molecule has 2 aliphatic rings. The molecule has 3 aromatic rings. The van der Waals surface area contributed by atoms with Gasteiger partial charge in [0.1, 0.15) is 0 Å². The molecule has 2 aromatic carbocycles. The number of hydrogen-bond acceptors (Lipinski definition) is 5. The predicted octanol–water partition coefficient (Wildman–Crippen LogP) is 4.08. The van der Waals surface area contributed by atoms with Crippen LogP contribution in [-0.2, 0) is 11.0 Å². The van der Waals surface area contributed by atoms with Crippen LogP contribution in [0.1, 0.15) is 36.9 Å². The third-order valence-corrected chi connectivity index (χ3v) is 7.68. The highest BCUT2D eigenvalue weighted by molar-refractivity contribution is 6.30. The van der Waals surface area contributed by atoms with E-state index in [1.54, 1.807) is 22.7 Å². The average molecular weight is 536 g/mol. The number of amides is 1. The fourth-order valence-electron chi connectivity index (χ4n) is 5.44. The molecule has 0 radical (unpaired) electrons. The Morgan fingerprint density at radius 2 is 2.05 bits per heavy atom. The smallest absolute Gasteiger partial charge is 0.394 e. The third-order valence-electron chi connectivity index (χ3n) is 7.45. The number of halogens is 4. The van der Waals surface area contributed by atoms with E-state index in [9.17, 15) is 23.1 Å². The number of anilines is 1. The Bertz CT molecular complexity index is 1290. The van der Waals surface area contributed by atoms with Crippen LogP contribution in [0.25, 0.3) is 11.0 Å². The first-order valence-electron chi connectivity index (χ1n) is 12.4. The number of hydrogen-bond donors (Lipinski definition) is 2. The Labute approximate surface area is 217 Å². The van der Waals surface area contributed by atoms with Crippen LogP contribution in [0.15, 0.2) is 42.7 Å². The Hall–Kier alpha value is -2.82. The second-order valence-electron chi connectivity index (χ2n) is 9.69. The van der Waals surface area contributed by atoms with Crippen LogP contribution in [0.2, 0.25) is 5.02 Å². The van der Waals surface area contributed by atoms with Crippen LogP contribution in [0.3, 0.4) is 0 Å². The second-order valence-corrected chi connectivity index (χ2v) is 10.1. The van der Waals surface area contributed by atoms with Gasteiger partial charge < -0.3 is 24.8 Å². The number of carbonyl (C=O) groups is 1. The van der Waals surface area contributed by atoms with Crippen molar-refractivity contribution >= 4 is 34.2 Å². The second kappa shape index (κ2) is 10.2. The molecule has 0 spiro atoms. The number of fused-ring (bicyclic) bond motifs is 1. The number of rotatable bonds is 5. The van der Waals surface area contributed by atoms with Gasteiger partial charge >= 0.3 is 6.18 Å². The predicted molar refractivity (Wildman–Crippen MR) is 136 cm³/mol. The van der Waals surface area contributed by atoms with Crippen LogP contribution < -0.4 is 10.2 Å². The van der Waals surface area contributed by atoms with Crippen LogP contribution in [0.4, 0.5) is 18.9 Å². The molecule has 0 unspecified atom stereocenters. The van der Waals surface area contributed by atoms with Gasteiger partial charge in [-0.3, -0.25) is 4.79 Å². The van der Waals surface area contributed by atoms with E-state index in [-0.39, 0.29) is 35.2 Å². The highest BCUT2D eigenvalue weighted by atomic mass is 35.5. The lowest BCUT2D eigenvalue weighted by Crippen LogP contribution is -2.59. The number of nitrogens with one attached hydrogen (secondary N) is 1. The number of imidazole rings is 1. The summed E-state index contributed by atoms with van der Waals surface area (Å²) >= 11 is 5.87. The summed E-state index contributed by atoms with van der Waals surface area (Å²) in [5.41, 5.74) is 1.56. The normalized spacial score (nSPS) is 21.6. The summed E-state index contributed by atoms with van der Waals surface area (Å²) in [6, 6.07) is 8.31. The number of carbonyl (C=O) groups excluding carboxylic acids is 1. The summed E-state index contributed by atoms with van der Waals surface area (Å²) in [6.07, 6.45) is -1.22. The molecule has 37 heavy (non-hydrogen) atoms. The van der Waals surface area contributed by atoms with E-state index >= 15 is 0 Å². The maximum Gasteiger partial charge on any atom is 0.416 e. The number of aromatic nitrogens is 2. The van der Waals surface area contributed by atoms with E-state index in [4.69, 9.17) is 11.6 Å². The SMILES string of the molecule is C[C@H](c1ccc(Cl)cc1C(F)(F)F)n1cnc2ccc(N3CCN(C(=O)[C@H]4CCCN4)[C@H](CO)C3)cc21. The Morgan fingerprint density at radius 1 is 1.24 bits per heavy atom.